The second-order valence-electron chi connectivity index (χ2n) is 6.37. The van der Waals surface area contributed by atoms with Crippen LogP contribution in [0.25, 0.3) is 0 Å². The van der Waals surface area contributed by atoms with E-state index in [-0.39, 0.29) is 17.4 Å². The zero-order valence-electron chi connectivity index (χ0n) is 15.3. The number of nitrogens with zero attached hydrogens (tertiary/aromatic N) is 2. The summed E-state index contributed by atoms with van der Waals surface area (Å²) in [7, 11) is -2.63. The first-order valence-corrected chi connectivity index (χ1v) is 10.2. The van der Waals surface area contributed by atoms with Gasteiger partial charge in [0, 0.05) is 17.8 Å². The number of benzene rings is 2. The molecule has 2 N–H and O–H groups in total. The van der Waals surface area contributed by atoms with Crippen molar-refractivity contribution < 1.29 is 22.3 Å². The Morgan fingerprint density at radius 3 is 2.59 bits per heavy atom. The molecule has 2 aromatic carbocycles. The topological polar surface area (TPSA) is 104 Å². The summed E-state index contributed by atoms with van der Waals surface area (Å²) < 4.78 is 46.3. The lowest BCUT2D eigenvalue weighted by molar-refractivity contribution is 0.0976. The van der Waals surface area contributed by atoms with E-state index in [0.717, 1.165) is 12.1 Å². The summed E-state index contributed by atoms with van der Waals surface area (Å²) >= 11 is 0. The van der Waals surface area contributed by atoms with E-state index in [1.54, 1.807) is 36.3 Å². The molecular weight excluding hydrogens is 399 g/mol. The van der Waals surface area contributed by atoms with Crippen molar-refractivity contribution in [1.82, 2.24) is 10.2 Å². The third-order valence-electron chi connectivity index (χ3n) is 4.65. The zero-order chi connectivity index (χ0) is 20.6. The molecule has 29 heavy (non-hydrogen) atoms. The summed E-state index contributed by atoms with van der Waals surface area (Å²) in [5.74, 6) is -0.539. The van der Waals surface area contributed by atoms with Crippen LogP contribution in [0.4, 0.5) is 15.9 Å². The van der Waals surface area contributed by atoms with E-state index in [0.29, 0.717) is 30.0 Å². The largest absolute Gasteiger partial charge is 0.497 e. The molecule has 2 heterocycles. The molecule has 0 spiro atoms. The van der Waals surface area contributed by atoms with Gasteiger partial charge in [-0.1, -0.05) is 12.1 Å². The molecular formula is C19H17FN4O4S. The first-order chi connectivity index (χ1) is 13.9. The maximum absolute atomic E-state index is 13.9. The summed E-state index contributed by atoms with van der Waals surface area (Å²) in [5.41, 5.74) is 1.32. The minimum Gasteiger partial charge on any atom is -0.497 e. The van der Waals surface area contributed by atoms with Crippen molar-refractivity contribution in [3.05, 3.63) is 65.6 Å². The van der Waals surface area contributed by atoms with Crippen molar-refractivity contribution in [1.29, 1.82) is 0 Å². The Labute approximate surface area is 166 Å². The first-order valence-electron chi connectivity index (χ1n) is 8.71. The Balaban J connectivity index is 1.61. The number of anilines is 2. The Bertz CT molecular complexity index is 1180. The number of hydrogen-bond acceptors (Lipinski definition) is 5. The van der Waals surface area contributed by atoms with Crippen molar-refractivity contribution >= 4 is 27.4 Å². The lowest BCUT2D eigenvalue weighted by atomic mass is 10.1. The average Bonchev–Trinajstić information content (AvgIpc) is 3.11. The number of amides is 1. The highest BCUT2D eigenvalue weighted by Gasteiger charge is 2.31. The fourth-order valence-corrected chi connectivity index (χ4v) is 4.30. The van der Waals surface area contributed by atoms with Gasteiger partial charge in [-0.05, 0) is 42.8 Å². The number of methoxy groups -OCH3 is 1. The Morgan fingerprint density at radius 2 is 1.90 bits per heavy atom. The number of aromatic amines is 1. The number of carbonyl (C=O) groups is 1. The predicted molar refractivity (Wildman–Crippen MR) is 104 cm³/mol. The number of aromatic nitrogens is 2. The number of fused-ring (bicyclic) bond motifs is 1. The highest BCUT2D eigenvalue weighted by molar-refractivity contribution is 7.92. The molecule has 3 aromatic rings. The van der Waals surface area contributed by atoms with Gasteiger partial charge in [-0.15, -0.1) is 0 Å². The second kappa shape index (κ2) is 7.21. The molecule has 0 unspecified atom stereocenters. The Morgan fingerprint density at radius 1 is 1.17 bits per heavy atom. The maximum atomic E-state index is 13.9. The van der Waals surface area contributed by atoms with Crippen LogP contribution in [0.2, 0.25) is 0 Å². The van der Waals surface area contributed by atoms with Gasteiger partial charge in [0.2, 0.25) is 0 Å². The van der Waals surface area contributed by atoms with E-state index in [1.165, 1.54) is 12.1 Å². The molecule has 10 heteroatoms. The molecule has 0 saturated carbocycles. The molecule has 150 valence electrons. The van der Waals surface area contributed by atoms with Crippen LogP contribution in [0.3, 0.4) is 0 Å². The van der Waals surface area contributed by atoms with Crippen LogP contribution < -0.4 is 14.4 Å². The van der Waals surface area contributed by atoms with Crippen LogP contribution in [-0.2, 0) is 16.4 Å². The molecule has 1 aliphatic rings. The van der Waals surface area contributed by atoms with Crippen LogP contribution >= 0.6 is 0 Å². The van der Waals surface area contributed by atoms with Crippen LogP contribution in [0.15, 0.2) is 53.4 Å². The normalized spacial score (nSPS) is 13.9. The average molecular weight is 416 g/mol. The van der Waals surface area contributed by atoms with Gasteiger partial charge < -0.3 is 9.64 Å². The second-order valence-corrected chi connectivity index (χ2v) is 8.02. The molecule has 0 aliphatic carbocycles. The third kappa shape index (κ3) is 3.42. The molecule has 4 rings (SSSR count). The van der Waals surface area contributed by atoms with Crippen molar-refractivity contribution in [3.8, 4) is 5.75 Å². The number of hydrogen-bond donors (Lipinski definition) is 2. The number of halogens is 1. The van der Waals surface area contributed by atoms with Crippen molar-refractivity contribution in [2.24, 2.45) is 0 Å². The Hall–Kier alpha value is -3.40. The van der Waals surface area contributed by atoms with E-state index < -0.39 is 20.7 Å². The smallest absolute Gasteiger partial charge is 0.276 e. The van der Waals surface area contributed by atoms with Crippen LogP contribution in [-0.4, -0.2) is 38.2 Å². The molecule has 1 aliphatic heterocycles. The quantitative estimate of drug-likeness (QED) is 0.665. The molecule has 1 amide bonds. The number of sulfonamides is 1. The minimum atomic E-state index is -4.18. The predicted octanol–water partition coefficient (Wildman–Crippen LogP) is 2.56. The lowest BCUT2D eigenvalue weighted by Gasteiger charge is -2.26. The molecule has 0 atom stereocenters. The zero-order valence-corrected chi connectivity index (χ0v) is 16.2. The van der Waals surface area contributed by atoms with Crippen LogP contribution in [0.5, 0.6) is 5.75 Å². The number of carbonyl (C=O) groups excluding carboxylic acids is 1. The highest BCUT2D eigenvalue weighted by atomic mass is 32.2. The third-order valence-corrected chi connectivity index (χ3v) is 6.03. The molecule has 0 saturated heterocycles. The summed E-state index contributed by atoms with van der Waals surface area (Å²) in [6, 6.07) is 12.1. The van der Waals surface area contributed by atoms with Crippen LogP contribution in [0, 0.1) is 5.82 Å². The number of H-pyrrole nitrogens is 1. The molecule has 8 nitrogen and oxygen atoms in total. The number of ether oxygens (including phenoxy) is 1. The monoisotopic (exact) mass is 416 g/mol. The van der Waals surface area contributed by atoms with Crippen molar-refractivity contribution in [2.45, 2.75) is 11.3 Å². The van der Waals surface area contributed by atoms with Gasteiger partial charge in [0.15, 0.2) is 5.82 Å². The summed E-state index contributed by atoms with van der Waals surface area (Å²) in [4.78, 5) is 13.9. The van der Waals surface area contributed by atoms with Gasteiger partial charge in [0.1, 0.15) is 22.2 Å². The number of nitrogens with one attached hydrogen (secondary N) is 2. The maximum Gasteiger partial charge on any atom is 0.276 e. The fraction of sp³-hybridized carbons (Fsp3) is 0.158. The standard InChI is InChI=1S/C19H17FN4O4S/c1-28-13-8-6-12(7-9-13)24-11-10-14-17(19(24)25)21-22-18(14)23-29(26,27)16-5-3-2-4-15(16)20/h2-9H,10-11H2,1H3,(H2,21,22,23). The van der Waals surface area contributed by atoms with E-state index in [4.69, 9.17) is 4.74 Å². The highest BCUT2D eigenvalue weighted by Crippen LogP contribution is 2.29. The fourth-order valence-electron chi connectivity index (χ4n) is 3.18. The minimum absolute atomic E-state index is 0.00835. The van der Waals surface area contributed by atoms with Gasteiger partial charge >= 0.3 is 0 Å². The van der Waals surface area contributed by atoms with Gasteiger partial charge in [0.05, 0.1) is 7.11 Å². The van der Waals surface area contributed by atoms with Gasteiger partial charge in [-0.3, -0.25) is 14.6 Å². The van der Waals surface area contributed by atoms with E-state index >= 15 is 0 Å². The van der Waals surface area contributed by atoms with Crippen molar-refractivity contribution in [3.63, 3.8) is 0 Å². The van der Waals surface area contributed by atoms with Crippen molar-refractivity contribution in [2.75, 3.05) is 23.3 Å². The molecule has 0 radical (unpaired) electrons. The first kappa shape index (κ1) is 18.9. The van der Waals surface area contributed by atoms with E-state index in [1.807, 2.05) is 0 Å². The molecule has 1 aromatic heterocycles. The molecule has 0 fully saturated rings. The molecule has 0 bridgehead atoms. The summed E-state index contributed by atoms with van der Waals surface area (Å²) in [6.45, 7) is 0.339. The Kier molecular flexibility index (Phi) is 4.71. The van der Waals surface area contributed by atoms with Gasteiger partial charge in [0.25, 0.3) is 15.9 Å². The van der Waals surface area contributed by atoms with Gasteiger partial charge in [-0.25, -0.2) is 12.8 Å². The van der Waals surface area contributed by atoms with E-state index in [9.17, 15) is 17.6 Å². The number of rotatable bonds is 5. The van der Waals surface area contributed by atoms with Gasteiger partial charge in [-0.2, -0.15) is 5.10 Å². The van der Waals surface area contributed by atoms with Crippen LogP contribution in [0.1, 0.15) is 16.1 Å². The lowest BCUT2D eigenvalue weighted by Crippen LogP contribution is -2.37. The summed E-state index contributed by atoms with van der Waals surface area (Å²) in [6.07, 6.45) is 0.374. The van der Waals surface area contributed by atoms with E-state index in [2.05, 4.69) is 14.9 Å². The summed E-state index contributed by atoms with van der Waals surface area (Å²) in [5, 5.41) is 6.54. The SMILES string of the molecule is COc1ccc(N2CCc3c(NS(=O)(=O)c4ccccc4F)n[nH]c3C2=O)cc1.